The molecule has 2 saturated heterocycles. The molecular weight excluding hydrogens is 352 g/mol. The fraction of sp³-hybridized carbons (Fsp3) is 0.571. The van der Waals surface area contributed by atoms with E-state index in [4.69, 9.17) is 0 Å². The molecule has 0 aliphatic carbocycles. The van der Waals surface area contributed by atoms with E-state index in [0.29, 0.717) is 0 Å². The first kappa shape index (κ1) is 19.1. The molecule has 1 aromatic heterocycles. The molecular formula is C21H30N6O. The lowest BCUT2D eigenvalue weighted by atomic mass is 10.1. The second-order valence-electron chi connectivity index (χ2n) is 7.94. The van der Waals surface area contributed by atoms with E-state index in [2.05, 4.69) is 50.1 Å². The Balaban J connectivity index is 1.38. The van der Waals surface area contributed by atoms with Crippen molar-refractivity contribution in [2.24, 2.45) is 0 Å². The van der Waals surface area contributed by atoms with E-state index in [1.54, 1.807) is 7.05 Å². The van der Waals surface area contributed by atoms with Crippen molar-refractivity contribution in [2.45, 2.75) is 50.7 Å². The molecule has 2 fully saturated rings. The van der Waals surface area contributed by atoms with Gasteiger partial charge in [0.15, 0.2) is 0 Å². The number of carbonyl (C=O) groups is 1. The van der Waals surface area contributed by atoms with Gasteiger partial charge in [0.1, 0.15) is 5.69 Å². The van der Waals surface area contributed by atoms with Crippen LogP contribution in [0.1, 0.15) is 43.7 Å². The Hall–Kier alpha value is -2.25. The number of benzene rings is 1. The lowest BCUT2D eigenvalue weighted by Gasteiger charge is -2.19. The second-order valence-corrected chi connectivity index (χ2v) is 7.94. The monoisotopic (exact) mass is 382 g/mol. The smallest absolute Gasteiger partial charge is 0.236 e. The van der Waals surface area contributed by atoms with Gasteiger partial charge in [-0.2, -0.15) is 0 Å². The highest BCUT2D eigenvalue weighted by Gasteiger charge is 2.30. The minimum absolute atomic E-state index is 0.0304. The molecule has 3 heterocycles. The number of hydrogen-bond donors (Lipinski definition) is 2. The van der Waals surface area contributed by atoms with Gasteiger partial charge in [-0.15, -0.1) is 5.10 Å². The van der Waals surface area contributed by atoms with Crippen LogP contribution in [-0.2, 0) is 11.3 Å². The van der Waals surface area contributed by atoms with Gasteiger partial charge in [-0.1, -0.05) is 42.3 Å². The highest BCUT2D eigenvalue weighted by molar-refractivity contribution is 5.81. The lowest BCUT2D eigenvalue weighted by molar-refractivity contribution is -0.122. The highest BCUT2D eigenvalue weighted by atomic mass is 16.2. The van der Waals surface area contributed by atoms with Crippen LogP contribution >= 0.6 is 0 Å². The molecule has 4 rings (SSSR count). The van der Waals surface area contributed by atoms with Crippen molar-refractivity contribution in [3.05, 3.63) is 36.0 Å². The molecule has 150 valence electrons. The third-order valence-corrected chi connectivity index (χ3v) is 5.91. The summed E-state index contributed by atoms with van der Waals surface area (Å²) >= 11 is 0. The Morgan fingerprint density at radius 1 is 1.18 bits per heavy atom. The van der Waals surface area contributed by atoms with Crippen molar-refractivity contribution in [1.29, 1.82) is 0 Å². The maximum absolute atomic E-state index is 11.8. The fourth-order valence-corrected chi connectivity index (χ4v) is 4.21. The van der Waals surface area contributed by atoms with Crippen LogP contribution in [0.3, 0.4) is 0 Å². The van der Waals surface area contributed by atoms with Crippen LogP contribution < -0.4 is 10.6 Å². The van der Waals surface area contributed by atoms with Gasteiger partial charge in [0.05, 0.1) is 18.3 Å². The number of aromatic nitrogens is 3. The first-order chi connectivity index (χ1) is 13.7. The van der Waals surface area contributed by atoms with Crippen LogP contribution in [0.5, 0.6) is 0 Å². The van der Waals surface area contributed by atoms with E-state index in [-0.39, 0.29) is 18.0 Å². The third kappa shape index (κ3) is 4.42. The van der Waals surface area contributed by atoms with Gasteiger partial charge in [0.25, 0.3) is 0 Å². The van der Waals surface area contributed by atoms with E-state index < -0.39 is 0 Å². The van der Waals surface area contributed by atoms with Crippen LogP contribution in [0.15, 0.2) is 30.5 Å². The van der Waals surface area contributed by atoms with Crippen molar-refractivity contribution in [2.75, 3.05) is 26.7 Å². The molecule has 0 radical (unpaired) electrons. The zero-order valence-electron chi connectivity index (χ0n) is 16.6. The van der Waals surface area contributed by atoms with E-state index in [0.717, 1.165) is 30.8 Å². The molecule has 2 aliphatic rings. The van der Waals surface area contributed by atoms with Crippen LogP contribution in [0.2, 0.25) is 0 Å². The Morgan fingerprint density at radius 2 is 1.93 bits per heavy atom. The average molecular weight is 383 g/mol. The summed E-state index contributed by atoms with van der Waals surface area (Å²) in [6.45, 7) is 4.18. The zero-order chi connectivity index (χ0) is 19.3. The van der Waals surface area contributed by atoms with Crippen LogP contribution in [0, 0.1) is 0 Å². The van der Waals surface area contributed by atoms with Gasteiger partial charge >= 0.3 is 0 Å². The maximum Gasteiger partial charge on any atom is 0.236 e. The third-order valence-electron chi connectivity index (χ3n) is 5.91. The van der Waals surface area contributed by atoms with E-state index in [1.807, 2.05) is 10.9 Å². The molecule has 0 bridgehead atoms. The number of amides is 1. The van der Waals surface area contributed by atoms with Crippen LogP contribution in [0.25, 0.3) is 11.3 Å². The molecule has 1 aromatic carbocycles. The molecule has 7 heteroatoms. The number of rotatable bonds is 5. The topological polar surface area (TPSA) is 75.1 Å². The number of likely N-dealkylation sites (N-methyl/N-ethyl adjacent to an activating group) is 1. The summed E-state index contributed by atoms with van der Waals surface area (Å²) in [5.41, 5.74) is 3.32. The van der Waals surface area contributed by atoms with E-state index in [1.165, 1.54) is 44.3 Å². The molecule has 0 saturated carbocycles. The van der Waals surface area contributed by atoms with Gasteiger partial charge in [-0.3, -0.25) is 9.69 Å². The van der Waals surface area contributed by atoms with Crippen molar-refractivity contribution in [3.8, 4) is 11.3 Å². The quantitative estimate of drug-likeness (QED) is 0.827. The molecule has 1 amide bonds. The van der Waals surface area contributed by atoms with Gasteiger partial charge < -0.3 is 10.6 Å². The summed E-state index contributed by atoms with van der Waals surface area (Å²) in [6, 6.07) is 8.70. The van der Waals surface area contributed by atoms with E-state index >= 15 is 0 Å². The van der Waals surface area contributed by atoms with Crippen molar-refractivity contribution >= 4 is 5.91 Å². The summed E-state index contributed by atoms with van der Waals surface area (Å²) in [5, 5.41) is 14.6. The van der Waals surface area contributed by atoms with Gasteiger partial charge in [0.2, 0.25) is 5.91 Å². The fourth-order valence-electron chi connectivity index (χ4n) is 4.21. The second kappa shape index (κ2) is 8.84. The zero-order valence-corrected chi connectivity index (χ0v) is 16.6. The Labute approximate surface area is 166 Å². The summed E-state index contributed by atoms with van der Waals surface area (Å²) < 4.78 is 1.89. The van der Waals surface area contributed by atoms with Gasteiger partial charge in [-0.05, 0) is 37.9 Å². The summed E-state index contributed by atoms with van der Waals surface area (Å²) in [4.78, 5) is 14.4. The Kier molecular flexibility index (Phi) is 6.02. The first-order valence-electron chi connectivity index (χ1n) is 10.4. The molecule has 2 N–H and O–H groups in total. The summed E-state index contributed by atoms with van der Waals surface area (Å²) in [5.74, 6) is 0.0304. The van der Waals surface area contributed by atoms with Crippen LogP contribution in [0.4, 0.5) is 0 Å². The molecule has 0 spiro atoms. The largest absolute Gasteiger partial charge is 0.358 e. The number of hydrogen-bond acceptors (Lipinski definition) is 5. The molecule has 7 nitrogen and oxygen atoms in total. The molecule has 2 unspecified atom stereocenters. The average Bonchev–Trinajstić information content (AvgIpc) is 3.34. The van der Waals surface area contributed by atoms with E-state index in [9.17, 15) is 4.79 Å². The van der Waals surface area contributed by atoms with Crippen molar-refractivity contribution < 1.29 is 4.79 Å². The minimum atomic E-state index is -0.152. The van der Waals surface area contributed by atoms with Crippen molar-refractivity contribution in [1.82, 2.24) is 30.5 Å². The number of nitrogens with one attached hydrogen (secondary N) is 2. The predicted octanol–water partition coefficient (Wildman–Crippen LogP) is 1.97. The molecule has 2 aliphatic heterocycles. The number of carbonyl (C=O) groups excluding carboxylic acids is 1. The minimum Gasteiger partial charge on any atom is -0.358 e. The van der Waals surface area contributed by atoms with Gasteiger partial charge in [-0.25, -0.2) is 4.68 Å². The molecule has 2 atom stereocenters. The van der Waals surface area contributed by atoms with Crippen molar-refractivity contribution in [3.63, 3.8) is 0 Å². The van der Waals surface area contributed by atoms with Gasteiger partial charge in [0, 0.05) is 25.7 Å². The standard InChI is InChI=1S/C21H30N6O/c1-22-21(28)19-12-18(13-23-19)27-15-20(24-25-27)17-8-6-16(7-9-17)14-26-10-4-2-3-5-11-26/h6-9,15,18-19,23H,2-5,10-14H2,1H3,(H,22,28). The highest BCUT2D eigenvalue weighted by Crippen LogP contribution is 2.23. The Bertz CT molecular complexity index is 778. The maximum atomic E-state index is 11.8. The number of nitrogens with zero attached hydrogens (tertiary/aromatic N) is 4. The normalized spacial score (nSPS) is 23.5. The SMILES string of the molecule is CNC(=O)C1CC(n2cc(-c3ccc(CN4CCCCCC4)cc3)nn2)CN1. The predicted molar refractivity (Wildman–Crippen MR) is 109 cm³/mol. The summed E-state index contributed by atoms with van der Waals surface area (Å²) in [6.07, 6.45) is 8.09. The Morgan fingerprint density at radius 3 is 2.64 bits per heavy atom. The molecule has 2 aromatic rings. The summed E-state index contributed by atoms with van der Waals surface area (Å²) in [7, 11) is 1.67. The van der Waals surface area contributed by atoms with Crippen LogP contribution in [-0.4, -0.2) is 58.5 Å². The lowest BCUT2D eigenvalue weighted by Crippen LogP contribution is -2.38. The first-order valence-corrected chi connectivity index (χ1v) is 10.4. The molecule has 28 heavy (non-hydrogen) atoms. The number of likely N-dealkylation sites (tertiary alicyclic amines) is 1.